The third-order valence-electron chi connectivity index (χ3n) is 5.43. The fourth-order valence-electron chi connectivity index (χ4n) is 3.79. The van der Waals surface area contributed by atoms with Gasteiger partial charge in [0.1, 0.15) is 0 Å². The second-order valence-electron chi connectivity index (χ2n) is 7.80. The number of carbonyl (C=O) groups is 2. The molecule has 4 rings (SSSR count). The molecule has 164 valence electrons. The predicted octanol–water partition coefficient (Wildman–Crippen LogP) is 2.20. The van der Waals surface area contributed by atoms with Crippen LogP contribution in [-0.2, 0) is 16.1 Å². The number of rotatable bonds is 2. The van der Waals surface area contributed by atoms with E-state index in [0.29, 0.717) is 43.6 Å². The Labute approximate surface area is 182 Å². The minimum atomic E-state index is -0.105. The van der Waals surface area contributed by atoms with Crippen LogP contribution in [0.5, 0.6) is 17.4 Å². The zero-order valence-corrected chi connectivity index (χ0v) is 17.6. The van der Waals surface area contributed by atoms with Crippen LogP contribution >= 0.6 is 0 Å². The van der Waals surface area contributed by atoms with Crippen molar-refractivity contribution in [1.29, 1.82) is 0 Å². The van der Waals surface area contributed by atoms with Gasteiger partial charge < -0.3 is 19.7 Å². The molecule has 2 aliphatic heterocycles. The summed E-state index contributed by atoms with van der Waals surface area (Å²) in [6.07, 6.45) is 4.57. The number of hydrogen-bond acceptors (Lipinski definition) is 6. The highest BCUT2D eigenvalue weighted by atomic mass is 16.5. The molecule has 0 radical (unpaired) electrons. The molecule has 1 aromatic carbocycles. The van der Waals surface area contributed by atoms with Crippen LogP contribution in [0, 0.1) is 0 Å². The number of fused-ring (bicyclic) bond motifs is 2. The fourth-order valence-corrected chi connectivity index (χ4v) is 3.79. The third kappa shape index (κ3) is 5.73. The lowest BCUT2D eigenvalue weighted by atomic mass is 10.2. The minimum Gasteiger partial charge on any atom is -0.490 e. The van der Waals surface area contributed by atoms with Gasteiger partial charge in [-0.3, -0.25) is 14.5 Å². The second-order valence-corrected chi connectivity index (χ2v) is 7.80. The predicted molar refractivity (Wildman–Crippen MR) is 115 cm³/mol. The molecule has 0 unspecified atom stereocenters. The summed E-state index contributed by atoms with van der Waals surface area (Å²) in [6, 6.07) is 11.4. The lowest BCUT2D eigenvalue weighted by Gasteiger charge is -2.30. The number of amides is 2. The van der Waals surface area contributed by atoms with Crippen LogP contribution in [0.4, 0.5) is 0 Å². The van der Waals surface area contributed by atoms with Crippen LogP contribution < -0.4 is 14.8 Å². The monoisotopic (exact) mass is 424 g/mol. The van der Waals surface area contributed by atoms with E-state index in [1.54, 1.807) is 11.1 Å². The Kier molecular flexibility index (Phi) is 6.99. The Hall–Kier alpha value is -3.13. The Bertz CT molecular complexity index is 920. The second kappa shape index (κ2) is 10.3. The molecular formula is C23H28N4O4. The quantitative estimate of drug-likeness (QED) is 0.796. The molecule has 2 aliphatic rings. The van der Waals surface area contributed by atoms with Gasteiger partial charge in [-0.1, -0.05) is 18.2 Å². The first-order valence-electron chi connectivity index (χ1n) is 10.8. The Balaban J connectivity index is 1.53. The highest BCUT2D eigenvalue weighted by Gasteiger charge is 2.24. The average Bonchev–Trinajstić information content (AvgIpc) is 2.79. The van der Waals surface area contributed by atoms with Gasteiger partial charge >= 0.3 is 0 Å². The van der Waals surface area contributed by atoms with Gasteiger partial charge in [0.15, 0.2) is 11.5 Å². The molecule has 0 spiro atoms. The molecule has 3 heterocycles. The fraction of sp³-hybridized carbons (Fsp3) is 0.435. The van der Waals surface area contributed by atoms with Gasteiger partial charge in [-0.15, -0.1) is 0 Å². The Morgan fingerprint density at radius 1 is 1.03 bits per heavy atom. The van der Waals surface area contributed by atoms with Crippen molar-refractivity contribution >= 4 is 11.8 Å². The number of hydrogen-bond donors (Lipinski definition) is 1. The zero-order valence-electron chi connectivity index (χ0n) is 17.6. The van der Waals surface area contributed by atoms with Gasteiger partial charge in [0.2, 0.25) is 17.7 Å². The number of piperazine rings is 1. The van der Waals surface area contributed by atoms with E-state index in [9.17, 15) is 9.59 Å². The van der Waals surface area contributed by atoms with Gasteiger partial charge in [0.25, 0.3) is 0 Å². The SMILES string of the molecule is O=C1CN(C(=O)CN2CCCCCOc3ccccc3Oc3ncccc3C2)CCN1. The van der Waals surface area contributed by atoms with Crippen LogP contribution in [0.15, 0.2) is 42.6 Å². The topological polar surface area (TPSA) is 84.0 Å². The van der Waals surface area contributed by atoms with E-state index >= 15 is 0 Å². The third-order valence-corrected chi connectivity index (χ3v) is 5.43. The van der Waals surface area contributed by atoms with Crippen molar-refractivity contribution in [3.05, 3.63) is 48.2 Å². The summed E-state index contributed by atoms with van der Waals surface area (Å²) in [5.41, 5.74) is 0.903. The van der Waals surface area contributed by atoms with Crippen molar-refractivity contribution in [1.82, 2.24) is 20.1 Å². The number of benzene rings is 1. The van der Waals surface area contributed by atoms with Gasteiger partial charge in [-0.2, -0.15) is 0 Å². The molecule has 1 aromatic heterocycles. The molecule has 0 saturated carbocycles. The molecule has 2 aromatic rings. The van der Waals surface area contributed by atoms with Gasteiger partial charge in [-0.05, 0) is 44.0 Å². The Morgan fingerprint density at radius 2 is 1.90 bits per heavy atom. The molecule has 31 heavy (non-hydrogen) atoms. The maximum atomic E-state index is 12.9. The van der Waals surface area contributed by atoms with Crippen LogP contribution in [0.3, 0.4) is 0 Å². The summed E-state index contributed by atoms with van der Waals surface area (Å²) in [6.45, 7) is 3.36. The number of ether oxygens (including phenoxy) is 2. The Morgan fingerprint density at radius 3 is 2.77 bits per heavy atom. The summed E-state index contributed by atoms with van der Waals surface area (Å²) >= 11 is 0. The van der Waals surface area contributed by atoms with Crippen LogP contribution in [0.25, 0.3) is 0 Å². The van der Waals surface area contributed by atoms with Crippen LogP contribution in [-0.4, -0.2) is 65.9 Å². The molecule has 1 saturated heterocycles. The maximum Gasteiger partial charge on any atom is 0.239 e. The molecule has 1 fully saturated rings. The van der Waals surface area contributed by atoms with E-state index in [1.165, 1.54) is 0 Å². The molecule has 8 nitrogen and oxygen atoms in total. The molecule has 1 N–H and O–H groups in total. The van der Waals surface area contributed by atoms with Gasteiger partial charge in [0, 0.05) is 31.4 Å². The van der Waals surface area contributed by atoms with Crippen molar-refractivity contribution in [2.24, 2.45) is 0 Å². The molecule has 2 amide bonds. The molecule has 0 bridgehead atoms. The maximum absolute atomic E-state index is 12.9. The van der Waals surface area contributed by atoms with Gasteiger partial charge in [0.05, 0.1) is 19.7 Å². The van der Waals surface area contributed by atoms with E-state index in [2.05, 4.69) is 15.2 Å². The first-order valence-corrected chi connectivity index (χ1v) is 10.8. The summed E-state index contributed by atoms with van der Waals surface area (Å²) in [4.78, 5) is 32.7. The standard InChI is InChI=1S/C23H28N4O4/c28-21-16-27(13-11-24-21)22(29)17-26-12-4-1-5-14-30-19-8-2-3-9-20(19)31-23-18(15-26)7-6-10-25-23/h2-3,6-10H,1,4-5,11-17H2,(H,24,28). The number of nitrogens with one attached hydrogen (secondary N) is 1. The van der Waals surface area contributed by atoms with E-state index in [-0.39, 0.29) is 24.9 Å². The lowest BCUT2D eigenvalue weighted by Crippen LogP contribution is -2.52. The largest absolute Gasteiger partial charge is 0.490 e. The number of carbonyl (C=O) groups excluding carboxylic acids is 2. The minimum absolute atomic E-state index is 0.0285. The summed E-state index contributed by atoms with van der Waals surface area (Å²) < 4.78 is 12.1. The summed E-state index contributed by atoms with van der Waals surface area (Å²) in [5, 5.41) is 2.76. The highest BCUT2D eigenvalue weighted by Crippen LogP contribution is 2.32. The first kappa shape index (κ1) is 21.1. The number of pyridine rings is 1. The van der Waals surface area contributed by atoms with E-state index in [1.807, 2.05) is 36.4 Å². The molecular weight excluding hydrogens is 396 g/mol. The van der Waals surface area contributed by atoms with E-state index in [4.69, 9.17) is 9.47 Å². The first-order chi connectivity index (χ1) is 15.2. The number of para-hydroxylation sites is 2. The van der Waals surface area contributed by atoms with Crippen LogP contribution in [0.2, 0.25) is 0 Å². The van der Waals surface area contributed by atoms with Crippen molar-refractivity contribution < 1.29 is 19.1 Å². The molecule has 0 atom stereocenters. The van der Waals surface area contributed by atoms with Crippen molar-refractivity contribution in [2.75, 3.05) is 39.3 Å². The number of aromatic nitrogens is 1. The normalized spacial score (nSPS) is 18.1. The summed E-state index contributed by atoms with van der Waals surface area (Å²) in [5.74, 6) is 1.70. The van der Waals surface area contributed by atoms with Crippen molar-refractivity contribution in [3.8, 4) is 17.4 Å². The lowest BCUT2D eigenvalue weighted by molar-refractivity contribution is -0.139. The average molecular weight is 425 g/mol. The van der Waals surface area contributed by atoms with E-state index < -0.39 is 0 Å². The van der Waals surface area contributed by atoms with Crippen LogP contribution in [0.1, 0.15) is 24.8 Å². The van der Waals surface area contributed by atoms with Gasteiger partial charge in [-0.25, -0.2) is 4.98 Å². The van der Waals surface area contributed by atoms with Crippen molar-refractivity contribution in [2.45, 2.75) is 25.8 Å². The smallest absolute Gasteiger partial charge is 0.239 e. The summed E-state index contributed by atoms with van der Waals surface area (Å²) in [7, 11) is 0. The number of nitrogens with zero attached hydrogens (tertiary/aromatic N) is 3. The molecule has 8 heteroatoms. The highest BCUT2D eigenvalue weighted by molar-refractivity contribution is 5.86. The van der Waals surface area contributed by atoms with E-state index in [0.717, 1.165) is 31.4 Å². The van der Waals surface area contributed by atoms with Crippen molar-refractivity contribution in [3.63, 3.8) is 0 Å². The zero-order chi connectivity index (χ0) is 21.5. The molecule has 0 aliphatic carbocycles.